The molecule has 7 heteroatoms. The van der Waals surface area contributed by atoms with Crippen LogP contribution < -0.4 is 15.5 Å². The van der Waals surface area contributed by atoms with Crippen molar-refractivity contribution in [1.29, 1.82) is 5.41 Å². The maximum absolute atomic E-state index is 12.8. The van der Waals surface area contributed by atoms with Crippen LogP contribution in [0.15, 0.2) is 60.8 Å². The lowest BCUT2D eigenvalue weighted by molar-refractivity contribution is 0.102. The molecule has 0 spiro atoms. The molecule has 2 aromatic carbocycles. The fourth-order valence-electron chi connectivity index (χ4n) is 2.86. The Bertz CT molecular complexity index is 1050. The van der Waals surface area contributed by atoms with Gasteiger partial charge in [-0.15, -0.1) is 0 Å². The summed E-state index contributed by atoms with van der Waals surface area (Å²) in [6.07, 6.45) is 1.49. The third kappa shape index (κ3) is 5.36. The van der Waals surface area contributed by atoms with Crippen LogP contribution in [0.3, 0.4) is 0 Å². The number of hydrogen-bond acceptors (Lipinski definition) is 4. The van der Waals surface area contributed by atoms with Gasteiger partial charge in [0.1, 0.15) is 5.82 Å². The summed E-state index contributed by atoms with van der Waals surface area (Å²) in [5.41, 5.74) is 4.30. The number of carbonyl (C=O) groups excluding carboxylic acids is 1. The molecule has 154 valence electrons. The fraction of sp³-hybridized carbons (Fsp3) is 0.174. The van der Waals surface area contributed by atoms with Crippen LogP contribution in [0, 0.1) is 12.3 Å². The van der Waals surface area contributed by atoms with E-state index < -0.39 is 0 Å². The first kappa shape index (κ1) is 21.3. The van der Waals surface area contributed by atoms with Gasteiger partial charge in [0.05, 0.1) is 16.4 Å². The van der Waals surface area contributed by atoms with Crippen LogP contribution in [0.5, 0.6) is 0 Å². The zero-order valence-corrected chi connectivity index (χ0v) is 17.9. The second-order valence-electron chi connectivity index (χ2n) is 7.03. The quantitative estimate of drug-likeness (QED) is 0.370. The van der Waals surface area contributed by atoms with E-state index >= 15 is 0 Å². The van der Waals surface area contributed by atoms with Crippen molar-refractivity contribution in [3.05, 3.63) is 82.5 Å². The number of pyridine rings is 1. The maximum Gasteiger partial charge on any atom is 0.258 e. The number of amidine groups is 1. The molecule has 0 aliphatic rings. The average Bonchev–Trinajstić information content (AvgIpc) is 2.74. The molecule has 0 atom stereocenters. The van der Waals surface area contributed by atoms with Gasteiger partial charge in [-0.05, 0) is 55.8 Å². The molecule has 30 heavy (non-hydrogen) atoms. The minimum Gasteiger partial charge on any atom is -0.380 e. The number of amides is 1. The number of aromatic nitrogens is 1. The number of carbonyl (C=O) groups is 1. The number of halogens is 1. The van der Waals surface area contributed by atoms with E-state index in [-0.39, 0.29) is 5.91 Å². The number of hydrogen-bond donors (Lipinski definition) is 3. The Morgan fingerprint density at radius 3 is 2.50 bits per heavy atom. The lowest BCUT2D eigenvalue weighted by Crippen LogP contribution is -2.22. The number of benzene rings is 2. The van der Waals surface area contributed by atoms with Crippen LogP contribution >= 0.6 is 11.6 Å². The van der Waals surface area contributed by atoms with E-state index in [9.17, 15) is 4.79 Å². The molecule has 0 unspecified atom stereocenters. The van der Waals surface area contributed by atoms with E-state index in [1.165, 1.54) is 6.20 Å². The SMILES string of the molecule is CC(=N)N(C)c1ccc(CNc2ccc(C)cc2C(=O)Nc2ccc(Cl)cn2)cc1. The summed E-state index contributed by atoms with van der Waals surface area (Å²) in [6.45, 7) is 4.26. The molecule has 0 saturated carbocycles. The minimum absolute atomic E-state index is 0.241. The molecule has 3 aromatic rings. The van der Waals surface area contributed by atoms with Crippen LogP contribution in [-0.2, 0) is 6.54 Å². The summed E-state index contributed by atoms with van der Waals surface area (Å²) in [7, 11) is 1.86. The van der Waals surface area contributed by atoms with Gasteiger partial charge in [0, 0.05) is 31.2 Å². The van der Waals surface area contributed by atoms with Gasteiger partial charge in [0.2, 0.25) is 0 Å². The molecule has 0 bridgehead atoms. The summed E-state index contributed by atoms with van der Waals surface area (Å²) in [6, 6.07) is 17.0. The van der Waals surface area contributed by atoms with Crippen molar-refractivity contribution >= 4 is 40.5 Å². The summed E-state index contributed by atoms with van der Waals surface area (Å²) in [5, 5.41) is 14.4. The van der Waals surface area contributed by atoms with E-state index in [1.807, 2.05) is 61.3 Å². The van der Waals surface area contributed by atoms with Gasteiger partial charge >= 0.3 is 0 Å². The molecule has 1 aromatic heterocycles. The molecular weight excluding hydrogens is 398 g/mol. The second-order valence-corrected chi connectivity index (χ2v) is 7.47. The number of aryl methyl sites for hydroxylation is 1. The first-order valence-electron chi connectivity index (χ1n) is 9.49. The topological polar surface area (TPSA) is 81.1 Å². The third-order valence-electron chi connectivity index (χ3n) is 4.70. The predicted molar refractivity (Wildman–Crippen MR) is 124 cm³/mol. The van der Waals surface area contributed by atoms with Gasteiger partial charge in [-0.1, -0.05) is 35.4 Å². The summed E-state index contributed by atoms with van der Waals surface area (Å²) >= 11 is 5.85. The van der Waals surface area contributed by atoms with Crippen LogP contribution in [-0.4, -0.2) is 23.8 Å². The molecule has 1 amide bonds. The van der Waals surface area contributed by atoms with Crippen molar-refractivity contribution in [2.24, 2.45) is 0 Å². The Hall–Kier alpha value is -3.38. The summed E-state index contributed by atoms with van der Waals surface area (Å²) in [4.78, 5) is 18.7. The molecule has 0 fully saturated rings. The Labute approximate surface area is 181 Å². The largest absolute Gasteiger partial charge is 0.380 e. The highest BCUT2D eigenvalue weighted by molar-refractivity contribution is 6.30. The van der Waals surface area contributed by atoms with Gasteiger partial charge in [0.25, 0.3) is 5.91 Å². The molecule has 3 N–H and O–H groups in total. The predicted octanol–water partition coefficient (Wildman–Crippen LogP) is 5.34. The molecule has 0 radical (unpaired) electrons. The zero-order chi connectivity index (χ0) is 21.7. The molecule has 6 nitrogen and oxygen atoms in total. The standard InChI is InChI=1S/C23H24ClN5O/c1-15-4-10-21(20(12-15)23(30)28-22-11-7-18(24)14-27-22)26-13-17-5-8-19(9-6-17)29(3)16(2)25/h4-12,14,25-26H,13H2,1-3H3,(H,27,28,30). The van der Waals surface area contributed by atoms with Crippen LogP contribution in [0.4, 0.5) is 17.2 Å². The monoisotopic (exact) mass is 421 g/mol. The van der Waals surface area contributed by atoms with Crippen molar-refractivity contribution in [3.63, 3.8) is 0 Å². The Balaban J connectivity index is 1.72. The number of nitrogens with one attached hydrogen (secondary N) is 3. The van der Waals surface area contributed by atoms with Gasteiger partial charge in [-0.2, -0.15) is 0 Å². The van der Waals surface area contributed by atoms with E-state index in [0.717, 1.165) is 22.5 Å². The molecule has 0 aliphatic heterocycles. The average molecular weight is 422 g/mol. The van der Waals surface area contributed by atoms with Crippen molar-refractivity contribution in [2.45, 2.75) is 20.4 Å². The van der Waals surface area contributed by atoms with Crippen LogP contribution in [0.2, 0.25) is 5.02 Å². The van der Waals surface area contributed by atoms with Crippen molar-refractivity contribution in [2.75, 3.05) is 22.6 Å². The highest BCUT2D eigenvalue weighted by Gasteiger charge is 2.13. The zero-order valence-electron chi connectivity index (χ0n) is 17.2. The van der Waals surface area contributed by atoms with E-state index in [0.29, 0.717) is 28.8 Å². The first-order chi connectivity index (χ1) is 14.3. The Kier molecular flexibility index (Phi) is 6.69. The second kappa shape index (κ2) is 9.41. The summed E-state index contributed by atoms with van der Waals surface area (Å²) < 4.78 is 0. The summed E-state index contributed by atoms with van der Waals surface area (Å²) in [5.74, 6) is 0.680. The smallest absolute Gasteiger partial charge is 0.258 e. The van der Waals surface area contributed by atoms with Gasteiger partial charge in [0.15, 0.2) is 0 Å². The highest BCUT2D eigenvalue weighted by atomic mass is 35.5. The van der Waals surface area contributed by atoms with E-state index in [2.05, 4.69) is 15.6 Å². The van der Waals surface area contributed by atoms with E-state index in [1.54, 1.807) is 19.1 Å². The van der Waals surface area contributed by atoms with Gasteiger partial charge < -0.3 is 15.5 Å². The van der Waals surface area contributed by atoms with Gasteiger partial charge in [-0.25, -0.2) is 4.98 Å². The fourth-order valence-corrected chi connectivity index (χ4v) is 2.97. The maximum atomic E-state index is 12.8. The Morgan fingerprint density at radius 1 is 1.13 bits per heavy atom. The lowest BCUT2D eigenvalue weighted by atomic mass is 10.1. The number of rotatable bonds is 6. The van der Waals surface area contributed by atoms with Crippen LogP contribution in [0.25, 0.3) is 0 Å². The minimum atomic E-state index is -0.241. The van der Waals surface area contributed by atoms with Crippen molar-refractivity contribution in [3.8, 4) is 0 Å². The lowest BCUT2D eigenvalue weighted by Gasteiger charge is -2.18. The molecule has 0 aliphatic carbocycles. The third-order valence-corrected chi connectivity index (χ3v) is 4.92. The number of anilines is 3. The molecule has 1 heterocycles. The highest BCUT2D eigenvalue weighted by Crippen LogP contribution is 2.21. The van der Waals surface area contributed by atoms with Crippen molar-refractivity contribution in [1.82, 2.24) is 4.98 Å². The molecular formula is C23H24ClN5O. The van der Waals surface area contributed by atoms with Gasteiger partial charge in [-0.3, -0.25) is 10.2 Å². The van der Waals surface area contributed by atoms with Crippen molar-refractivity contribution < 1.29 is 4.79 Å². The molecule has 0 saturated heterocycles. The van der Waals surface area contributed by atoms with E-state index in [4.69, 9.17) is 17.0 Å². The molecule has 3 rings (SSSR count). The first-order valence-corrected chi connectivity index (χ1v) is 9.86. The number of nitrogens with zero attached hydrogens (tertiary/aromatic N) is 2. The normalized spacial score (nSPS) is 10.4. The Morgan fingerprint density at radius 2 is 1.87 bits per heavy atom. The van der Waals surface area contributed by atoms with Crippen LogP contribution in [0.1, 0.15) is 28.4 Å².